The number of carbonyl (C=O) groups excluding carboxylic acids is 1. The molecule has 0 spiro atoms. The van der Waals surface area contributed by atoms with Gasteiger partial charge in [-0.15, -0.1) is 0 Å². The van der Waals surface area contributed by atoms with Gasteiger partial charge in [-0.05, 0) is 25.7 Å². The highest BCUT2D eigenvalue weighted by Crippen LogP contribution is 2.45. The maximum absolute atomic E-state index is 11.7. The molecule has 1 saturated carbocycles. The van der Waals surface area contributed by atoms with E-state index in [1.807, 2.05) is 0 Å². The average Bonchev–Trinajstić information content (AvgIpc) is 3.08. The Hall–Kier alpha value is -1.30. The van der Waals surface area contributed by atoms with Gasteiger partial charge in [-0.3, -0.25) is 4.79 Å². The third-order valence-corrected chi connectivity index (χ3v) is 3.64. The van der Waals surface area contributed by atoms with E-state index in [9.17, 15) is 14.7 Å². The number of carboxylic acids is 1. The van der Waals surface area contributed by atoms with Crippen LogP contribution in [0.5, 0.6) is 0 Å². The zero-order chi connectivity index (χ0) is 12.5. The number of urea groups is 1. The van der Waals surface area contributed by atoms with Gasteiger partial charge in [0.2, 0.25) is 0 Å². The second kappa shape index (κ2) is 4.52. The normalized spacial score (nSPS) is 23.2. The number of amides is 2. The van der Waals surface area contributed by atoms with E-state index in [2.05, 4.69) is 5.32 Å². The summed E-state index contributed by atoms with van der Waals surface area (Å²) in [6.45, 7) is 1.28. The number of rotatable bonds is 3. The summed E-state index contributed by atoms with van der Waals surface area (Å²) in [7, 11) is 0. The Labute approximate surface area is 99.6 Å². The fraction of sp³-hybridized carbons (Fsp3) is 0.818. The van der Waals surface area contributed by atoms with Crippen molar-refractivity contribution in [3.05, 3.63) is 0 Å². The molecule has 2 aliphatic rings. The summed E-state index contributed by atoms with van der Waals surface area (Å²) in [5.74, 6) is -0.827. The fourth-order valence-corrected chi connectivity index (χ4v) is 2.04. The number of aliphatic hydroxyl groups is 1. The molecule has 1 heterocycles. The summed E-state index contributed by atoms with van der Waals surface area (Å²) >= 11 is 0. The molecule has 0 bridgehead atoms. The molecular weight excluding hydrogens is 224 g/mol. The number of carboxylic acid groups (broad SMARTS) is 1. The predicted octanol–water partition coefficient (Wildman–Crippen LogP) is 0.0175. The minimum Gasteiger partial charge on any atom is -0.481 e. The van der Waals surface area contributed by atoms with Crippen LogP contribution in [0, 0.1) is 5.41 Å². The Balaban J connectivity index is 1.76. The Morgan fingerprint density at radius 2 is 1.88 bits per heavy atom. The van der Waals surface area contributed by atoms with Crippen molar-refractivity contribution in [3.63, 3.8) is 0 Å². The predicted molar refractivity (Wildman–Crippen MR) is 59.5 cm³/mol. The zero-order valence-corrected chi connectivity index (χ0v) is 9.69. The molecule has 3 N–H and O–H groups in total. The van der Waals surface area contributed by atoms with Crippen molar-refractivity contribution in [2.45, 2.75) is 31.8 Å². The van der Waals surface area contributed by atoms with E-state index in [1.165, 1.54) is 0 Å². The van der Waals surface area contributed by atoms with Crippen molar-refractivity contribution in [2.75, 3.05) is 19.6 Å². The van der Waals surface area contributed by atoms with Crippen molar-refractivity contribution in [2.24, 2.45) is 5.41 Å². The molecule has 0 aromatic heterocycles. The number of hydrogen-bond donors (Lipinski definition) is 3. The number of likely N-dealkylation sites (tertiary alicyclic amines) is 1. The summed E-state index contributed by atoms with van der Waals surface area (Å²) < 4.78 is 0. The van der Waals surface area contributed by atoms with E-state index >= 15 is 0 Å². The minimum absolute atomic E-state index is 0.209. The Kier molecular flexibility index (Phi) is 3.24. The van der Waals surface area contributed by atoms with Gasteiger partial charge in [0.1, 0.15) is 0 Å². The van der Waals surface area contributed by atoms with E-state index in [-0.39, 0.29) is 18.7 Å². The maximum atomic E-state index is 11.7. The van der Waals surface area contributed by atoms with Gasteiger partial charge in [-0.2, -0.15) is 0 Å². The van der Waals surface area contributed by atoms with E-state index in [1.54, 1.807) is 4.90 Å². The first-order chi connectivity index (χ1) is 8.03. The van der Waals surface area contributed by atoms with E-state index in [0.717, 1.165) is 0 Å². The molecule has 6 heteroatoms. The highest BCUT2D eigenvalue weighted by molar-refractivity contribution is 5.80. The molecule has 1 aliphatic carbocycles. The molecule has 17 heavy (non-hydrogen) atoms. The SMILES string of the molecule is O=C(NCC1(C(=O)O)CC1)N1CCC(O)CC1. The lowest BCUT2D eigenvalue weighted by atomic mass is 10.1. The summed E-state index contributed by atoms with van der Waals surface area (Å²) in [5, 5.41) is 21.0. The first kappa shape index (κ1) is 12.2. The third-order valence-electron chi connectivity index (χ3n) is 3.64. The lowest BCUT2D eigenvalue weighted by Gasteiger charge is -2.30. The van der Waals surface area contributed by atoms with Crippen LogP contribution in [0.4, 0.5) is 4.79 Å². The molecule has 2 amide bonds. The van der Waals surface area contributed by atoms with Crippen LogP contribution in [-0.2, 0) is 4.79 Å². The first-order valence-corrected chi connectivity index (χ1v) is 5.98. The van der Waals surface area contributed by atoms with E-state index < -0.39 is 11.4 Å². The van der Waals surface area contributed by atoms with Gasteiger partial charge in [0, 0.05) is 19.6 Å². The van der Waals surface area contributed by atoms with Gasteiger partial charge in [0.25, 0.3) is 0 Å². The summed E-state index contributed by atoms with van der Waals surface area (Å²) in [4.78, 5) is 24.3. The van der Waals surface area contributed by atoms with Gasteiger partial charge in [-0.25, -0.2) is 4.79 Å². The summed E-state index contributed by atoms with van der Waals surface area (Å²) in [5.41, 5.74) is -0.717. The van der Waals surface area contributed by atoms with Crippen LogP contribution in [0.2, 0.25) is 0 Å². The third kappa shape index (κ3) is 2.69. The molecule has 96 valence electrons. The number of aliphatic hydroxyl groups excluding tert-OH is 1. The first-order valence-electron chi connectivity index (χ1n) is 5.98. The van der Waals surface area contributed by atoms with Gasteiger partial charge >= 0.3 is 12.0 Å². The fourth-order valence-electron chi connectivity index (χ4n) is 2.04. The molecule has 0 radical (unpaired) electrons. The van der Waals surface area contributed by atoms with Crippen LogP contribution in [0.1, 0.15) is 25.7 Å². The highest BCUT2D eigenvalue weighted by atomic mass is 16.4. The molecule has 0 aromatic rings. The topological polar surface area (TPSA) is 89.9 Å². The highest BCUT2D eigenvalue weighted by Gasteiger charge is 2.50. The molecule has 1 saturated heterocycles. The van der Waals surface area contributed by atoms with Crippen molar-refractivity contribution < 1.29 is 19.8 Å². The van der Waals surface area contributed by atoms with Crippen LogP contribution in [0.25, 0.3) is 0 Å². The standard InChI is InChI=1S/C11H18N2O4/c14-8-1-5-13(6-2-8)10(17)12-7-11(3-4-11)9(15)16/h8,14H,1-7H2,(H,12,17)(H,15,16). The Bertz CT molecular complexity index is 319. The van der Waals surface area contributed by atoms with Gasteiger partial charge in [0.05, 0.1) is 11.5 Å². The largest absolute Gasteiger partial charge is 0.481 e. The average molecular weight is 242 g/mol. The van der Waals surface area contributed by atoms with Crippen LogP contribution >= 0.6 is 0 Å². The summed E-state index contributed by atoms with van der Waals surface area (Å²) in [6.07, 6.45) is 2.16. The van der Waals surface area contributed by atoms with Crippen LogP contribution in [-0.4, -0.2) is 52.9 Å². The molecule has 0 unspecified atom stereocenters. The quantitative estimate of drug-likeness (QED) is 0.650. The van der Waals surface area contributed by atoms with Crippen LogP contribution in [0.15, 0.2) is 0 Å². The van der Waals surface area contributed by atoms with Crippen molar-refractivity contribution in [3.8, 4) is 0 Å². The lowest BCUT2D eigenvalue weighted by molar-refractivity contribution is -0.143. The monoisotopic (exact) mass is 242 g/mol. The number of nitrogens with one attached hydrogen (secondary N) is 1. The zero-order valence-electron chi connectivity index (χ0n) is 9.69. The lowest BCUT2D eigenvalue weighted by Crippen LogP contribution is -2.47. The van der Waals surface area contributed by atoms with Crippen molar-refractivity contribution >= 4 is 12.0 Å². The van der Waals surface area contributed by atoms with E-state index in [4.69, 9.17) is 5.11 Å². The molecule has 6 nitrogen and oxygen atoms in total. The number of carbonyl (C=O) groups is 2. The minimum atomic E-state index is -0.827. The van der Waals surface area contributed by atoms with E-state index in [0.29, 0.717) is 38.8 Å². The van der Waals surface area contributed by atoms with Crippen molar-refractivity contribution in [1.29, 1.82) is 0 Å². The van der Waals surface area contributed by atoms with Gasteiger partial charge in [0.15, 0.2) is 0 Å². The maximum Gasteiger partial charge on any atom is 0.317 e. The second-order valence-corrected chi connectivity index (χ2v) is 4.96. The smallest absolute Gasteiger partial charge is 0.317 e. The van der Waals surface area contributed by atoms with Crippen molar-refractivity contribution in [1.82, 2.24) is 10.2 Å². The molecule has 1 aliphatic heterocycles. The number of aliphatic carboxylic acids is 1. The number of nitrogens with zero attached hydrogens (tertiary/aromatic N) is 1. The van der Waals surface area contributed by atoms with Crippen LogP contribution < -0.4 is 5.32 Å². The molecule has 0 aromatic carbocycles. The number of piperidine rings is 1. The summed E-state index contributed by atoms with van der Waals surface area (Å²) in [6, 6.07) is -0.218. The van der Waals surface area contributed by atoms with Gasteiger partial charge < -0.3 is 20.4 Å². The Morgan fingerprint density at radius 3 is 2.35 bits per heavy atom. The number of hydrogen-bond acceptors (Lipinski definition) is 3. The van der Waals surface area contributed by atoms with Crippen LogP contribution in [0.3, 0.4) is 0 Å². The molecular formula is C11H18N2O4. The van der Waals surface area contributed by atoms with Gasteiger partial charge in [-0.1, -0.05) is 0 Å². The molecule has 2 rings (SSSR count). The molecule has 0 atom stereocenters. The molecule has 2 fully saturated rings. The Morgan fingerprint density at radius 1 is 1.29 bits per heavy atom. The second-order valence-electron chi connectivity index (χ2n) is 4.96.